The summed E-state index contributed by atoms with van der Waals surface area (Å²) in [6.07, 6.45) is 12.0. The summed E-state index contributed by atoms with van der Waals surface area (Å²) in [5, 5.41) is 9.45. The van der Waals surface area contributed by atoms with Crippen LogP contribution in [0.1, 0.15) is 27.2 Å². The van der Waals surface area contributed by atoms with Crippen LogP contribution in [0.2, 0.25) is 0 Å². The molecule has 98 valence electrons. The molecule has 3 heteroatoms. The molecule has 0 bridgehead atoms. The summed E-state index contributed by atoms with van der Waals surface area (Å²) >= 11 is 0. The third kappa shape index (κ3) is 9.48. The lowest BCUT2D eigenvalue weighted by Crippen LogP contribution is -2.13. The Hall–Kier alpha value is -1.74. The first-order chi connectivity index (χ1) is 8.39. The van der Waals surface area contributed by atoms with Crippen molar-refractivity contribution in [1.82, 2.24) is 0 Å². The van der Waals surface area contributed by atoms with E-state index in [-0.39, 0.29) is 6.42 Å². The average Bonchev–Trinajstić information content (AvgIpc) is 2.26. The lowest BCUT2D eigenvalue weighted by atomic mass is 10.1. The molecule has 0 fully saturated rings. The summed E-state index contributed by atoms with van der Waals surface area (Å²) in [6.45, 7) is 5.29. The van der Waals surface area contributed by atoms with Gasteiger partial charge in [0.15, 0.2) is 0 Å². The topological polar surface area (TPSA) is 54.4 Å². The molecule has 0 spiro atoms. The number of aldehydes is 2. The molecule has 18 heavy (non-hydrogen) atoms. The van der Waals surface area contributed by atoms with Crippen LogP contribution in [0.5, 0.6) is 0 Å². The highest BCUT2D eigenvalue weighted by Gasteiger charge is 2.04. The molecule has 0 radical (unpaired) electrons. The molecule has 0 aliphatic rings. The van der Waals surface area contributed by atoms with Gasteiger partial charge < -0.3 is 9.90 Å². The van der Waals surface area contributed by atoms with Crippen LogP contribution in [0.3, 0.4) is 0 Å². The van der Waals surface area contributed by atoms with Gasteiger partial charge >= 0.3 is 0 Å². The minimum absolute atomic E-state index is 0.134. The van der Waals surface area contributed by atoms with Gasteiger partial charge in [0.2, 0.25) is 0 Å². The Morgan fingerprint density at radius 3 is 2.33 bits per heavy atom. The monoisotopic (exact) mass is 248 g/mol. The van der Waals surface area contributed by atoms with Crippen LogP contribution in [-0.2, 0) is 9.59 Å². The fraction of sp³-hybridized carbons (Fsp3) is 0.333. The molecule has 0 saturated heterocycles. The third-order valence-electron chi connectivity index (χ3n) is 2.00. The van der Waals surface area contributed by atoms with Crippen molar-refractivity contribution in [3.63, 3.8) is 0 Å². The van der Waals surface area contributed by atoms with E-state index in [9.17, 15) is 14.7 Å². The van der Waals surface area contributed by atoms with Gasteiger partial charge in [0.1, 0.15) is 12.6 Å². The Labute approximate surface area is 108 Å². The van der Waals surface area contributed by atoms with E-state index in [2.05, 4.69) is 0 Å². The van der Waals surface area contributed by atoms with Gasteiger partial charge in [-0.05, 0) is 26.3 Å². The van der Waals surface area contributed by atoms with E-state index in [0.29, 0.717) is 18.1 Å². The summed E-state index contributed by atoms with van der Waals surface area (Å²) < 4.78 is 0. The maximum absolute atomic E-state index is 10.5. The first kappa shape index (κ1) is 16.3. The number of carbonyl (C=O) groups excluding carboxylic acids is 2. The van der Waals surface area contributed by atoms with Crippen molar-refractivity contribution in [3.8, 4) is 0 Å². The zero-order valence-corrected chi connectivity index (χ0v) is 11.1. The second kappa shape index (κ2) is 8.37. The zero-order valence-electron chi connectivity index (χ0n) is 11.1. The maximum atomic E-state index is 10.5. The number of hydrogen-bond donors (Lipinski definition) is 1. The van der Waals surface area contributed by atoms with Gasteiger partial charge in [-0.1, -0.05) is 42.0 Å². The maximum Gasteiger partial charge on any atom is 0.146 e. The Bertz CT molecular complexity index is 390. The van der Waals surface area contributed by atoms with Crippen LogP contribution >= 0.6 is 0 Å². The van der Waals surface area contributed by atoms with Gasteiger partial charge in [0.25, 0.3) is 0 Å². The predicted molar refractivity (Wildman–Crippen MR) is 73.2 cm³/mol. The van der Waals surface area contributed by atoms with Crippen molar-refractivity contribution in [1.29, 1.82) is 0 Å². The van der Waals surface area contributed by atoms with Crippen LogP contribution < -0.4 is 0 Å². The molecule has 3 nitrogen and oxygen atoms in total. The first-order valence-electron chi connectivity index (χ1n) is 5.73. The average molecular weight is 248 g/mol. The minimum atomic E-state index is -0.824. The lowest BCUT2D eigenvalue weighted by molar-refractivity contribution is -0.109. The molecule has 0 aliphatic carbocycles. The van der Waals surface area contributed by atoms with Crippen LogP contribution in [0.25, 0.3) is 0 Å². The number of aliphatic hydroxyl groups is 1. The third-order valence-corrected chi connectivity index (χ3v) is 2.00. The van der Waals surface area contributed by atoms with Gasteiger partial charge in [-0.3, -0.25) is 4.79 Å². The zero-order chi connectivity index (χ0) is 14.0. The van der Waals surface area contributed by atoms with E-state index in [1.807, 2.05) is 19.1 Å². The molecule has 0 aliphatic heterocycles. The van der Waals surface area contributed by atoms with E-state index in [0.717, 1.165) is 5.57 Å². The molecule has 0 amide bonds. The van der Waals surface area contributed by atoms with E-state index in [4.69, 9.17) is 0 Å². The first-order valence-corrected chi connectivity index (χ1v) is 5.73. The van der Waals surface area contributed by atoms with Crippen molar-refractivity contribution < 1.29 is 14.7 Å². The van der Waals surface area contributed by atoms with Crippen LogP contribution in [0.15, 0.2) is 47.6 Å². The van der Waals surface area contributed by atoms with E-state index >= 15 is 0 Å². The van der Waals surface area contributed by atoms with Crippen molar-refractivity contribution in [2.75, 3.05) is 0 Å². The highest BCUT2D eigenvalue weighted by molar-refractivity contribution is 5.79. The lowest BCUT2D eigenvalue weighted by Gasteiger charge is -2.08. The number of carbonyl (C=O) groups is 2. The van der Waals surface area contributed by atoms with Gasteiger partial charge in [-0.2, -0.15) is 0 Å². The van der Waals surface area contributed by atoms with Crippen molar-refractivity contribution in [2.45, 2.75) is 32.8 Å². The molecule has 0 unspecified atom stereocenters. The largest absolute Gasteiger partial charge is 0.386 e. The standard InChI is InChI=1S/C15H20O3/c1-13(7-5-10-15(2,3)18)6-4-8-14(12-17)9-11-16/h4-8,10-12,18H,9H2,1-3H3. The highest BCUT2D eigenvalue weighted by Crippen LogP contribution is 2.04. The van der Waals surface area contributed by atoms with Gasteiger partial charge in [-0.25, -0.2) is 0 Å². The highest BCUT2D eigenvalue weighted by atomic mass is 16.3. The molecule has 0 heterocycles. The normalized spacial score (nSPS) is 14.4. The smallest absolute Gasteiger partial charge is 0.146 e. The summed E-state index contributed by atoms with van der Waals surface area (Å²) in [5.74, 6) is 0. The van der Waals surface area contributed by atoms with Gasteiger partial charge in [0, 0.05) is 6.42 Å². The van der Waals surface area contributed by atoms with Crippen molar-refractivity contribution >= 4 is 12.6 Å². The molecule has 0 atom stereocenters. The molecule has 0 saturated carbocycles. The molecule has 0 aromatic rings. The summed E-state index contributed by atoms with van der Waals surface area (Å²) in [5.41, 5.74) is 0.596. The molecular weight excluding hydrogens is 228 g/mol. The molecule has 0 rings (SSSR count). The van der Waals surface area contributed by atoms with E-state index in [1.165, 1.54) is 0 Å². The van der Waals surface area contributed by atoms with Crippen molar-refractivity contribution in [3.05, 3.63) is 47.6 Å². The fourth-order valence-electron chi connectivity index (χ4n) is 1.07. The molecule has 1 N–H and O–H groups in total. The van der Waals surface area contributed by atoms with E-state index < -0.39 is 5.60 Å². The molecular formula is C15H20O3. The number of allylic oxidation sites excluding steroid dienone is 7. The Morgan fingerprint density at radius 1 is 1.17 bits per heavy atom. The predicted octanol–water partition coefficient (Wildman–Crippen LogP) is 2.53. The van der Waals surface area contributed by atoms with Gasteiger partial charge in [0.05, 0.1) is 5.60 Å². The minimum Gasteiger partial charge on any atom is -0.386 e. The van der Waals surface area contributed by atoms with Crippen LogP contribution in [-0.4, -0.2) is 23.3 Å². The number of hydrogen-bond acceptors (Lipinski definition) is 3. The Morgan fingerprint density at radius 2 is 1.83 bits per heavy atom. The van der Waals surface area contributed by atoms with Crippen molar-refractivity contribution in [2.24, 2.45) is 0 Å². The summed E-state index contributed by atoms with van der Waals surface area (Å²) in [6, 6.07) is 0. The Kier molecular flexibility index (Phi) is 7.56. The number of rotatable bonds is 7. The second-order valence-corrected chi connectivity index (χ2v) is 4.51. The SMILES string of the molecule is CC(C=CC=C(C=O)CC=O)=CC=CC(C)(C)O. The second-order valence-electron chi connectivity index (χ2n) is 4.51. The molecule has 0 aromatic carbocycles. The Balaban J connectivity index is 4.51. The van der Waals surface area contributed by atoms with Crippen LogP contribution in [0, 0.1) is 0 Å². The summed E-state index contributed by atoms with van der Waals surface area (Å²) in [7, 11) is 0. The molecule has 0 aromatic heterocycles. The quantitative estimate of drug-likeness (QED) is 0.428. The summed E-state index contributed by atoms with van der Waals surface area (Å²) in [4.78, 5) is 20.8. The van der Waals surface area contributed by atoms with Crippen LogP contribution in [0.4, 0.5) is 0 Å². The fourth-order valence-corrected chi connectivity index (χ4v) is 1.07. The van der Waals surface area contributed by atoms with E-state index in [1.54, 1.807) is 38.2 Å². The van der Waals surface area contributed by atoms with Gasteiger partial charge in [-0.15, -0.1) is 0 Å².